The molecule has 2 aromatic rings. The molecule has 2 heterocycles. The highest BCUT2D eigenvalue weighted by atomic mass is 15.2. The van der Waals surface area contributed by atoms with Crippen molar-refractivity contribution in [1.29, 1.82) is 5.26 Å². The van der Waals surface area contributed by atoms with Crippen LogP contribution in [0.5, 0.6) is 0 Å². The lowest BCUT2D eigenvalue weighted by atomic mass is 9.94. The summed E-state index contributed by atoms with van der Waals surface area (Å²) in [5, 5.41) is 16.5. The third-order valence-corrected chi connectivity index (χ3v) is 3.82. The lowest BCUT2D eigenvalue weighted by molar-refractivity contribution is 0.465. The van der Waals surface area contributed by atoms with Crippen LogP contribution in [-0.4, -0.2) is 28.2 Å². The van der Waals surface area contributed by atoms with Crippen molar-refractivity contribution in [2.24, 2.45) is 5.92 Å². The zero-order chi connectivity index (χ0) is 13.2. The fourth-order valence-corrected chi connectivity index (χ4v) is 2.74. The second kappa shape index (κ2) is 4.77. The molecule has 1 fully saturated rings. The molecule has 1 N–H and O–H groups in total. The summed E-state index contributed by atoms with van der Waals surface area (Å²) in [7, 11) is 0. The van der Waals surface area contributed by atoms with Crippen molar-refractivity contribution in [3.8, 4) is 17.5 Å². The lowest BCUT2D eigenvalue weighted by Gasteiger charge is -2.10. The Kier molecular flexibility index (Phi) is 2.96. The molecule has 1 aliphatic rings. The van der Waals surface area contributed by atoms with E-state index in [1.54, 1.807) is 0 Å². The van der Waals surface area contributed by atoms with E-state index in [4.69, 9.17) is 5.26 Å². The molecule has 1 aromatic carbocycles. The molecule has 19 heavy (non-hydrogen) atoms. The van der Waals surface area contributed by atoms with Crippen LogP contribution >= 0.6 is 0 Å². The van der Waals surface area contributed by atoms with Crippen molar-refractivity contribution in [2.75, 3.05) is 13.1 Å². The van der Waals surface area contributed by atoms with E-state index >= 15 is 0 Å². The maximum Gasteiger partial charge on any atom is 0.179 e. The fourth-order valence-electron chi connectivity index (χ4n) is 2.74. The van der Waals surface area contributed by atoms with E-state index in [-0.39, 0.29) is 0 Å². The van der Waals surface area contributed by atoms with Gasteiger partial charge in [0.1, 0.15) is 0 Å². The topological polar surface area (TPSA) is 55.7 Å². The van der Waals surface area contributed by atoms with Crippen LogP contribution in [0.3, 0.4) is 0 Å². The monoisotopic (exact) mass is 252 g/mol. The number of nitriles is 1. The Bertz CT molecular complexity index is 596. The Morgan fingerprint density at radius 1 is 1.32 bits per heavy atom. The van der Waals surface area contributed by atoms with Crippen LogP contribution in [0.15, 0.2) is 36.4 Å². The van der Waals surface area contributed by atoms with Crippen molar-refractivity contribution >= 4 is 0 Å². The fraction of sp³-hybridized carbons (Fsp3) is 0.333. The average molecular weight is 252 g/mol. The van der Waals surface area contributed by atoms with Gasteiger partial charge in [0.25, 0.3) is 0 Å². The summed E-state index contributed by atoms with van der Waals surface area (Å²) >= 11 is 0. The van der Waals surface area contributed by atoms with Gasteiger partial charge in [0.2, 0.25) is 0 Å². The van der Waals surface area contributed by atoms with Gasteiger partial charge in [0, 0.05) is 30.3 Å². The second-order valence-electron chi connectivity index (χ2n) is 5.16. The van der Waals surface area contributed by atoms with Gasteiger partial charge in [-0.05, 0) is 12.0 Å². The first-order chi connectivity index (χ1) is 9.28. The molecule has 0 bridgehead atoms. The van der Waals surface area contributed by atoms with Crippen molar-refractivity contribution in [3.05, 3.63) is 42.1 Å². The molecule has 0 radical (unpaired) electrons. The van der Waals surface area contributed by atoms with Gasteiger partial charge in [-0.2, -0.15) is 10.4 Å². The minimum Gasteiger partial charge on any atom is -0.310 e. The standard InChI is InChI=1S/C15H16N4/c1-11-8-19(10-16)9-13(11)15-7-14(17-18-15)12-5-3-2-4-6-12/h2-7,11,13H,8-9H2,1H3,(H,17,18). The molecule has 4 heteroatoms. The molecule has 1 aliphatic heterocycles. The Balaban J connectivity index is 1.85. The van der Waals surface area contributed by atoms with E-state index < -0.39 is 0 Å². The van der Waals surface area contributed by atoms with Gasteiger partial charge in [-0.3, -0.25) is 5.10 Å². The molecule has 1 saturated heterocycles. The minimum atomic E-state index is 0.365. The molecule has 0 saturated carbocycles. The normalized spacial score (nSPS) is 22.4. The first kappa shape index (κ1) is 11.8. The summed E-state index contributed by atoms with van der Waals surface area (Å²) in [5.41, 5.74) is 3.22. The van der Waals surface area contributed by atoms with Crippen LogP contribution in [0.2, 0.25) is 0 Å². The van der Waals surface area contributed by atoms with Gasteiger partial charge in [-0.25, -0.2) is 0 Å². The number of nitrogens with zero attached hydrogens (tertiary/aromatic N) is 3. The van der Waals surface area contributed by atoms with Crippen LogP contribution in [0, 0.1) is 17.4 Å². The summed E-state index contributed by atoms with van der Waals surface area (Å²) < 4.78 is 0. The Labute approximate surface area is 112 Å². The molecule has 0 spiro atoms. The van der Waals surface area contributed by atoms with Gasteiger partial charge < -0.3 is 4.90 Å². The third kappa shape index (κ3) is 2.19. The van der Waals surface area contributed by atoms with Crippen LogP contribution in [0.1, 0.15) is 18.5 Å². The van der Waals surface area contributed by atoms with Crippen LogP contribution in [0.25, 0.3) is 11.3 Å². The van der Waals surface area contributed by atoms with Crippen LogP contribution in [-0.2, 0) is 0 Å². The Morgan fingerprint density at radius 3 is 2.79 bits per heavy atom. The lowest BCUT2D eigenvalue weighted by Crippen LogP contribution is -2.12. The summed E-state index contributed by atoms with van der Waals surface area (Å²) in [6.45, 7) is 3.81. The maximum atomic E-state index is 8.98. The van der Waals surface area contributed by atoms with Crippen LogP contribution in [0.4, 0.5) is 0 Å². The van der Waals surface area contributed by atoms with Crippen molar-refractivity contribution in [2.45, 2.75) is 12.8 Å². The highest BCUT2D eigenvalue weighted by Crippen LogP contribution is 2.32. The number of hydrogen-bond acceptors (Lipinski definition) is 3. The van der Waals surface area contributed by atoms with Crippen LogP contribution < -0.4 is 0 Å². The first-order valence-corrected chi connectivity index (χ1v) is 6.53. The molecular weight excluding hydrogens is 236 g/mol. The van der Waals surface area contributed by atoms with E-state index in [0.29, 0.717) is 11.8 Å². The van der Waals surface area contributed by atoms with Crippen molar-refractivity contribution < 1.29 is 0 Å². The van der Waals surface area contributed by atoms with Crippen molar-refractivity contribution in [3.63, 3.8) is 0 Å². The molecule has 2 unspecified atom stereocenters. The highest BCUT2D eigenvalue weighted by molar-refractivity contribution is 5.59. The number of benzene rings is 1. The molecule has 2 atom stereocenters. The SMILES string of the molecule is CC1CN(C#N)CC1c1cc(-c2ccccc2)n[nH]1. The van der Waals surface area contributed by atoms with E-state index in [1.165, 1.54) is 0 Å². The first-order valence-electron chi connectivity index (χ1n) is 6.53. The van der Waals surface area contributed by atoms with Crippen molar-refractivity contribution in [1.82, 2.24) is 15.1 Å². The number of likely N-dealkylation sites (tertiary alicyclic amines) is 1. The zero-order valence-corrected chi connectivity index (χ0v) is 10.9. The smallest absolute Gasteiger partial charge is 0.179 e. The molecule has 1 aromatic heterocycles. The quantitative estimate of drug-likeness (QED) is 0.836. The molecule has 0 aliphatic carbocycles. The Hall–Kier alpha value is -2.28. The zero-order valence-electron chi connectivity index (χ0n) is 10.9. The number of nitrogens with one attached hydrogen (secondary N) is 1. The number of aromatic amines is 1. The number of rotatable bonds is 2. The predicted octanol–water partition coefficient (Wildman–Crippen LogP) is 2.59. The average Bonchev–Trinajstić information content (AvgIpc) is 3.06. The summed E-state index contributed by atoms with van der Waals surface area (Å²) in [6.07, 6.45) is 2.23. The molecular formula is C15H16N4. The Morgan fingerprint density at radius 2 is 2.11 bits per heavy atom. The molecule has 96 valence electrons. The van der Waals surface area contributed by atoms with Gasteiger partial charge in [0.05, 0.1) is 5.69 Å². The summed E-state index contributed by atoms with van der Waals surface area (Å²) in [4.78, 5) is 1.82. The van der Waals surface area contributed by atoms with Gasteiger partial charge in [-0.1, -0.05) is 37.3 Å². The predicted molar refractivity (Wildman–Crippen MR) is 73.1 cm³/mol. The van der Waals surface area contributed by atoms with Gasteiger partial charge in [-0.15, -0.1) is 0 Å². The van der Waals surface area contributed by atoms with Gasteiger partial charge in [0.15, 0.2) is 6.19 Å². The second-order valence-corrected chi connectivity index (χ2v) is 5.16. The maximum absolute atomic E-state index is 8.98. The largest absolute Gasteiger partial charge is 0.310 e. The molecule has 3 rings (SSSR count). The molecule has 0 amide bonds. The number of H-pyrrole nitrogens is 1. The van der Waals surface area contributed by atoms with E-state index in [1.807, 2.05) is 23.1 Å². The number of aromatic nitrogens is 2. The van der Waals surface area contributed by atoms with Gasteiger partial charge >= 0.3 is 0 Å². The van der Waals surface area contributed by atoms with E-state index in [9.17, 15) is 0 Å². The van der Waals surface area contributed by atoms with E-state index in [2.05, 4.69) is 41.5 Å². The molecule has 4 nitrogen and oxygen atoms in total. The minimum absolute atomic E-state index is 0.365. The highest BCUT2D eigenvalue weighted by Gasteiger charge is 2.31. The summed E-state index contributed by atoms with van der Waals surface area (Å²) in [6, 6.07) is 12.2. The number of hydrogen-bond donors (Lipinski definition) is 1. The third-order valence-electron chi connectivity index (χ3n) is 3.82. The summed E-state index contributed by atoms with van der Waals surface area (Å²) in [5.74, 6) is 0.841. The van der Waals surface area contributed by atoms with E-state index in [0.717, 1.165) is 30.0 Å².